The molecule has 0 unspecified atom stereocenters. The van der Waals surface area contributed by atoms with Crippen molar-refractivity contribution in [2.24, 2.45) is 0 Å². The zero-order chi connectivity index (χ0) is 17.8. The first-order chi connectivity index (χ1) is 12.1. The molecule has 0 spiro atoms. The van der Waals surface area contributed by atoms with E-state index in [1.165, 1.54) is 11.3 Å². The number of nitrogens with one attached hydrogen (secondary N) is 1. The fraction of sp³-hybridized carbons (Fsp3) is 0.222. The molecule has 0 fully saturated rings. The van der Waals surface area contributed by atoms with Crippen molar-refractivity contribution in [1.29, 1.82) is 0 Å². The first-order valence-corrected chi connectivity index (χ1v) is 8.43. The fourth-order valence-electron chi connectivity index (χ4n) is 2.36. The Morgan fingerprint density at radius 1 is 1.24 bits per heavy atom. The van der Waals surface area contributed by atoms with E-state index < -0.39 is 0 Å². The minimum Gasteiger partial charge on any atom is -0.493 e. The third kappa shape index (κ3) is 3.66. The molecule has 0 atom stereocenters. The van der Waals surface area contributed by atoms with Crippen LogP contribution in [0.1, 0.15) is 20.9 Å². The van der Waals surface area contributed by atoms with Gasteiger partial charge < -0.3 is 19.2 Å². The Morgan fingerprint density at radius 2 is 2.04 bits per heavy atom. The highest BCUT2D eigenvalue weighted by molar-refractivity contribution is 7.17. The Hall–Kier alpha value is -2.80. The largest absolute Gasteiger partial charge is 0.493 e. The van der Waals surface area contributed by atoms with Gasteiger partial charge in [0.25, 0.3) is 5.91 Å². The number of aryl methyl sites for hydroxylation is 1. The number of carbonyl (C=O) groups is 1. The van der Waals surface area contributed by atoms with Crippen molar-refractivity contribution in [1.82, 2.24) is 10.3 Å². The number of hydrogen-bond donors (Lipinski definition) is 1. The van der Waals surface area contributed by atoms with E-state index in [1.54, 1.807) is 26.7 Å². The standard InChI is InChI=1S/C18H18N2O4S/c1-11-16(17(21)19-9-12-6-7-24-10-12)25-18(20-11)13-4-5-14(22-2)15(8-13)23-3/h4-8,10H,9H2,1-3H3,(H,19,21). The molecule has 0 saturated heterocycles. The molecule has 3 aromatic rings. The molecule has 1 N–H and O–H groups in total. The van der Waals surface area contributed by atoms with E-state index in [9.17, 15) is 4.79 Å². The minimum atomic E-state index is -0.150. The Balaban J connectivity index is 1.81. The van der Waals surface area contributed by atoms with Crippen LogP contribution in [-0.2, 0) is 6.54 Å². The molecule has 130 valence electrons. The lowest BCUT2D eigenvalue weighted by Gasteiger charge is -2.08. The number of hydrogen-bond acceptors (Lipinski definition) is 6. The maximum Gasteiger partial charge on any atom is 0.263 e. The lowest BCUT2D eigenvalue weighted by atomic mass is 10.2. The van der Waals surface area contributed by atoms with Crippen LogP contribution in [0.3, 0.4) is 0 Å². The van der Waals surface area contributed by atoms with Crippen molar-refractivity contribution >= 4 is 17.2 Å². The summed E-state index contributed by atoms with van der Waals surface area (Å²) >= 11 is 1.35. The molecule has 0 bridgehead atoms. The molecule has 0 aliphatic heterocycles. The van der Waals surface area contributed by atoms with Gasteiger partial charge in [0, 0.05) is 17.7 Å². The zero-order valence-electron chi connectivity index (χ0n) is 14.2. The molecule has 0 saturated carbocycles. The molecular weight excluding hydrogens is 340 g/mol. The van der Waals surface area contributed by atoms with Crippen LogP contribution in [0.4, 0.5) is 0 Å². The summed E-state index contributed by atoms with van der Waals surface area (Å²) in [7, 11) is 3.18. The van der Waals surface area contributed by atoms with E-state index >= 15 is 0 Å². The maximum atomic E-state index is 12.4. The van der Waals surface area contributed by atoms with Crippen LogP contribution in [0.25, 0.3) is 10.6 Å². The number of aromatic nitrogens is 1. The summed E-state index contributed by atoms with van der Waals surface area (Å²) in [6, 6.07) is 7.38. The molecule has 6 nitrogen and oxygen atoms in total. The van der Waals surface area contributed by atoms with Gasteiger partial charge in [-0.1, -0.05) is 0 Å². The molecule has 0 aliphatic rings. The predicted molar refractivity (Wildman–Crippen MR) is 95.3 cm³/mol. The maximum absolute atomic E-state index is 12.4. The summed E-state index contributed by atoms with van der Waals surface area (Å²) in [4.78, 5) is 17.5. The van der Waals surface area contributed by atoms with Crippen LogP contribution in [0, 0.1) is 6.92 Å². The lowest BCUT2D eigenvalue weighted by molar-refractivity contribution is 0.0954. The summed E-state index contributed by atoms with van der Waals surface area (Å²) in [6.45, 7) is 2.24. The third-order valence-electron chi connectivity index (χ3n) is 3.67. The third-order valence-corrected chi connectivity index (χ3v) is 4.87. The molecule has 7 heteroatoms. The highest BCUT2D eigenvalue weighted by atomic mass is 32.1. The topological polar surface area (TPSA) is 73.6 Å². The lowest BCUT2D eigenvalue weighted by Crippen LogP contribution is -2.22. The number of methoxy groups -OCH3 is 2. The molecule has 3 rings (SSSR count). The Kier molecular flexibility index (Phi) is 5.04. The van der Waals surface area contributed by atoms with Crippen LogP contribution in [-0.4, -0.2) is 25.1 Å². The van der Waals surface area contributed by atoms with Gasteiger partial charge in [0.15, 0.2) is 11.5 Å². The van der Waals surface area contributed by atoms with E-state index in [-0.39, 0.29) is 5.91 Å². The summed E-state index contributed by atoms with van der Waals surface area (Å²) in [5, 5.41) is 3.63. The number of thiazole rings is 1. The summed E-state index contributed by atoms with van der Waals surface area (Å²) in [6.07, 6.45) is 3.18. The monoisotopic (exact) mass is 358 g/mol. The smallest absolute Gasteiger partial charge is 0.263 e. The number of nitrogens with zero attached hydrogens (tertiary/aromatic N) is 1. The van der Waals surface area contributed by atoms with Crippen molar-refractivity contribution in [3.8, 4) is 22.1 Å². The van der Waals surface area contributed by atoms with E-state index in [1.807, 2.05) is 31.2 Å². The van der Waals surface area contributed by atoms with Crippen LogP contribution >= 0.6 is 11.3 Å². The van der Waals surface area contributed by atoms with Gasteiger partial charge in [0.05, 0.1) is 32.4 Å². The number of rotatable bonds is 6. The number of furan rings is 1. The zero-order valence-corrected chi connectivity index (χ0v) is 15.0. The second-order valence-corrected chi connectivity index (χ2v) is 6.32. The Bertz CT molecular complexity index is 871. The van der Waals surface area contributed by atoms with Gasteiger partial charge in [-0.15, -0.1) is 11.3 Å². The van der Waals surface area contributed by atoms with Gasteiger partial charge in [0.1, 0.15) is 9.88 Å². The van der Waals surface area contributed by atoms with Crippen LogP contribution in [0.5, 0.6) is 11.5 Å². The van der Waals surface area contributed by atoms with Gasteiger partial charge >= 0.3 is 0 Å². The molecule has 25 heavy (non-hydrogen) atoms. The van der Waals surface area contributed by atoms with Crippen LogP contribution in [0.15, 0.2) is 41.2 Å². The number of amides is 1. The van der Waals surface area contributed by atoms with E-state index in [0.29, 0.717) is 28.6 Å². The van der Waals surface area contributed by atoms with Crippen molar-refractivity contribution in [3.05, 3.63) is 52.9 Å². The van der Waals surface area contributed by atoms with Crippen LogP contribution in [0.2, 0.25) is 0 Å². The molecule has 2 heterocycles. The van der Waals surface area contributed by atoms with Gasteiger partial charge in [-0.25, -0.2) is 4.98 Å². The van der Waals surface area contributed by atoms with Gasteiger partial charge in [-0.3, -0.25) is 4.79 Å². The normalized spacial score (nSPS) is 10.5. The number of ether oxygens (including phenoxy) is 2. The Morgan fingerprint density at radius 3 is 2.72 bits per heavy atom. The summed E-state index contributed by atoms with van der Waals surface area (Å²) in [5.74, 6) is 1.12. The van der Waals surface area contributed by atoms with Crippen LogP contribution < -0.4 is 14.8 Å². The first-order valence-electron chi connectivity index (χ1n) is 7.61. The van der Waals surface area contributed by atoms with E-state index in [0.717, 1.165) is 16.1 Å². The molecule has 1 aromatic carbocycles. The molecule has 0 radical (unpaired) electrons. The fourth-order valence-corrected chi connectivity index (χ4v) is 3.33. The predicted octanol–water partition coefficient (Wildman–Crippen LogP) is 3.66. The molecular formula is C18H18N2O4S. The average molecular weight is 358 g/mol. The SMILES string of the molecule is COc1ccc(-c2nc(C)c(C(=O)NCc3ccoc3)s2)cc1OC. The second-order valence-electron chi connectivity index (χ2n) is 5.32. The van der Waals surface area contributed by atoms with E-state index in [4.69, 9.17) is 13.9 Å². The summed E-state index contributed by atoms with van der Waals surface area (Å²) in [5.41, 5.74) is 2.48. The summed E-state index contributed by atoms with van der Waals surface area (Å²) < 4.78 is 15.6. The average Bonchev–Trinajstić information content (AvgIpc) is 3.28. The first kappa shape index (κ1) is 17.0. The van der Waals surface area contributed by atoms with Crippen molar-refractivity contribution in [2.45, 2.75) is 13.5 Å². The minimum absolute atomic E-state index is 0.150. The molecule has 2 aromatic heterocycles. The molecule has 0 aliphatic carbocycles. The van der Waals surface area contributed by atoms with Crippen molar-refractivity contribution in [2.75, 3.05) is 14.2 Å². The number of carbonyl (C=O) groups excluding carboxylic acids is 1. The quantitative estimate of drug-likeness (QED) is 0.728. The highest BCUT2D eigenvalue weighted by Crippen LogP contribution is 2.34. The van der Waals surface area contributed by atoms with Gasteiger partial charge in [0.2, 0.25) is 0 Å². The van der Waals surface area contributed by atoms with Crippen molar-refractivity contribution < 1.29 is 18.7 Å². The molecule has 1 amide bonds. The second kappa shape index (κ2) is 7.40. The highest BCUT2D eigenvalue weighted by Gasteiger charge is 2.17. The van der Waals surface area contributed by atoms with Gasteiger partial charge in [-0.05, 0) is 31.2 Å². The van der Waals surface area contributed by atoms with Crippen molar-refractivity contribution in [3.63, 3.8) is 0 Å². The van der Waals surface area contributed by atoms with E-state index in [2.05, 4.69) is 10.3 Å². The van der Waals surface area contributed by atoms with Gasteiger partial charge in [-0.2, -0.15) is 0 Å². The number of benzene rings is 1. The Labute approximate surface area is 149 Å².